The van der Waals surface area contributed by atoms with Crippen LogP contribution in [0.1, 0.15) is 29.6 Å². The van der Waals surface area contributed by atoms with Crippen molar-refractivity contribution in [3.8, 4) is 6.07 Å². The van der Waals surface area contributed by atoms with Gasteiger partial charge in [0.1, 0.15) is 0 Å². The Hall–Kier alpha value is -3.03. The number of amides is 1. The van der Waals surface area contributed by atoms with Crippen LogP contribution in [-0.4, -0.2) is 58.7 Å². The maximum Gasteiger partial charge on any atom is 0.253 e. The number of sulfonamides is 1. The molecule has 2 aliphatic rings. The van der Waals surface area contributed by atoms with Gasteiger partial charge >= 0.3 is 0 Å². The first-order valence-electron chi connectivity index (χ1n) is 9.80. The van der Waals surface area contributed by atoms with Gasteiger partial charge in [0, 0.05) is 37.1 Å². The number of allylic oxidation sites excluding steroid dienone is 1. The van der Waals surface area contributed by atoms with Crippen LogP contribution >= 0.6 is 0 Å². The third kappa shape index (κ3) is 4.13. The number of piperidine rings is 1. The molecule has 1 atom stereocenters. The fraction of sp³-hybridized carbons (Fsp3) is 0.400. The van der Waals surface area contributed by atoms with Crippen molar-refractivity contribution in [2.45, 2.75) is 24.5 Å². The summed E-state index contributed by atoms with van der Waals surface area (Å²) >= 11 is 0. The van der Waals surface area contributed by atoms with Gasteiger partial charge < -0.3 is 5.32 Å². The normalized spacial score (nSPS) is 20.6. The van der Waals surface area contributed by atoms with Crippen molar-refractivity contribution in [3.63, 3.8) is 0 Å². The molecule has 1 saturated heterocycles. The van der Waals surface area contributed by atoms with E-state index in [2.05, 4.69) is 26.6 Å². The van der Waals surface area contributed by atoms with E-state index >= 15 is 0 Å². The molecule has 1 amide bonds. The molecule has 2 aromatic rings. The summed E-state index contributed by atoms with van der Waals surface area (Å²) in [6, 6.07) is 3.93. The number of aromatic nitrogens is 3. The van der Waals surface area contributed by atoms with E-state index in [0.717, 1.165) is 11.0 Å². The molecule has 9 nitrogen and oxygen atoms in total. The van der Waals surface area contributed by atoms with Crippen LogP contribution in [0.5, 0.6) is 0 Å². The molecule has 2 N–H and O–H groups in total. The van der Waals surface area contributed by atoms with Crippen molar-refractivity contribution in [1.29, 1.82) is 5.26 Å². The quantitative estimate of drug-likeness (QED) is 0.745. The van der Waals surface area contributed by atoms with Gasteiger partial charge in [-0.2, -0.15) is 10.4 Å². The number of nitrogens with one attached hydrogen (secondary N) is 2. The highest BCUT2D eigenvalue weighted by molar-refractivity contribution is 7.89. The summed E-state index contributed by atoms with van der Waals surface area (Å²) in [7, 11) is -3.44. The van der Waals surface area contributed by atoms with E-state index in [9.17, 15) is 13.2 Å². The van der Waals surface area contributed by atoms with E-state index in [1.54, 1.807) is 24.4 Å². The molecule has 0 radical (unpaired) electrons. The van der Waals surface area contributed by atoms with Gasteiger partial charge in [0.2, 0.25) is 10.0 Å². The average Bonchev–Trinajstić information content (AvgIpc) is 3.25. The molecule has 1 fully saturated rings. The first kappa shape index (κ1) is 20.3. The number of rotatable bonds is 5. The fourth-order valence-electron chi connectivity index (χ4n) is 3.67. The lowest BCUT2D eigenvalue weighted by molar-refractivity contribution is 0.0957. The summed E-state index contributed by atoms with van der Waals surface area (Å²) in [5.74, 6) is -0.312. The second kappa shape index (κ2) is 8.38. The predicted molar refractivity (Wildman–Crippen MR) is 111 cm³/mol. The van der Waals surface area contributed by atoms with Crippen LogP contribution in [0.15, 0.2) is 42.3 Å². The fourth-order valence-corrected chi connectivity index (χ4v) is 5.39. The summed E-state index contributed by atoms with van der Waals surface area (Å²) in [4.78, 5) is 16.5. The molecule has 0 aromatic carbocycles. The molecule has 0 saturated carbocycles. The third-order valence-corrected chi connectivity index (χ3v) is 7.72. The predicted octanol–water partition coefficient (Wildman–Crippen LogP) is 1.51. The zero-order valence-electron chi connectivity index (χ0n) is 16.3. The number of nitriles is 1. The van der Waals surface area contributed by atoms with E-state index in [-0.39, 0.29) is 11.8 Å². The Balaban J connectivity index is 1.32. The molecule has 0 spiro atoms. The Bertz CT molecular complexity index is 1150. The van der Waals surface area contributed by atoms with Crippen molar-refractivity contribution in [3.05, 3.63) is 47.8 Å². The summed E-state index contributed by atoms with van der Waals surface area (Å²) < 4.78 is 27.2. The number of aromatic amines is 1. The molecule has 10 heteroatoms. The van der Waals surface area contributed by atoms with Crippen LogP contribution in [0.2, 0.25) is 0 Å². The third-order valence-electron chi connectivity index (χ3n) is 5.52. The smallest absolute Gasteiger partial charge is 0.253 e. The maximum atomic E-state index is 12.9. The van der Waals surface area contributed by atoms with Crippen LogP contribution in [0.25, 0.3) is 11.0 Å². The Morgan fingerprint density at radius 2 is 2.13 bits per heavy atom. The van der Waals surface area contributed by atoms with Gasteiger partial charge in [0.05, 0.1) is 23.1 Å². The van der Waals surface area contributed by atoms with Gasteiger partial charge in [-0.05, 0) is 30.9 Å². The zero-order valence-corrected chi connectivity index (χ0v) is 17.1. The van der Waals surface area contributed by atoms with Gasteiger partial charge in [-0.25, -0.2) is 17.7 Å². The Morgan fingerprint density at radius 3 is 2.83 bits per heavy atom. The number of hydrogen-bond acceptors (Lipinski definition) is 6. The van der Waals surface area contributed by atoms with E-state index < -0.39 is 15.3 Å². The average molecular weight is 427 g/mol. The first-order chi connectivity index (χ1) is 14.5. The zero-order chi connectivity index (χ0) is 21.1. The second-order valence-corrected chi connectivity index (χ2v) is 9.63. The van der Waals surface area contributed by atoms with Crippen molar-refractivity contribution in [2.75, 3.05) is 19.6 Å². The molecule has 4 rings (SSSR count). The number of pyridine rings is 1. The van der Waals surface area contributed by atoms with Crippen molar-refractivity contribution >= 4 is 27.0 Å². The van der Waals surface area contributed by atoms with Crippen molar-refractivity contribution in [1.82, 2.24) is 24.8 Å². The number of nitrogens with zero attached hydrogens (tertiary/aromatic N) is 4. The SMILES string of the molecule is N#CC1CCN(S(=O)(=O)C2C=CC(CNC(=O)c3cnc4[nH]ncc4c3)=CC2)CC1. The molecule has 2 aromatic heterocycles. The number of hydrogen-bond donors (Lipinski definition) is 2. The highest BCUT2D eigenvalue weighted by Gasteiger charge is 2.33. The first-order valence-corrected chi connectivity index (χ1v) is 11.3. The molecular weight excluding hydrogens is 404 g/mol. The Morgan fingerprint density at radius 1 is 1.33 bits per heavy atom. The summed E-state index contributed by atoms with van der Waals surface area (Å²) in [6.45, 7) is 1.10. The molecule has 156 valence electrons. The molecule has 30 heavy (non-hydrogen) atoms. The van der Waals surface area contributed by atoms with Gasteiger partial charge in [-0.15, -0.1) is 0 Å². The lowest BCUT2D eigenvalue weighted by Crippen LogP contribution is -2.43. The van der Waals surface area contributed by atoms with E-state index in [4.69, 9.17) is 5.26 Å². The molecule has 1 aliphatic carbocycles. The second-order valence-electron chi connectivity index (χ2n) is 7.47. The number of fused-ring (bicyclic) bond motifs is 1. The van der Waals surface area contributed by atoms with Crippen LogP contribution in [0.3, 0.4) is 0 Å². The molecule has 1 unspecified atom stereocenters. The van der Waals surface area contributed by atoms with Crippen molar-refractivity contribution in [2.24, 2.45) is 5.92 Å². The standard InChI is InChI=1S/C20H22N6O3S/c21-10-14-5-7-26(8-6-14)30(28,29)18-3-1-15(2-4-18)11-23-20(27)17-9-16-13-24-25-19(16)22-12-17/h1-3,9,12-14,18H,4-8,11H2,(H,23,27)(H,22,24,25). The Kier molecular flexibility index (Phi) is 5.65. The van der Waals surface area contributed by atoms with Gasteiger partial charge in [-0.3, -0.25) is 9.89 Å². The number of carbonyl (C=O) groups is 1. The maximum absolute atomic E-state index is 12.9. The molecule has 0 bridgehead atoms. The van der Waals surface area contributed by atoms with E-state index in [0.29, 0.717) is 50.1 Å². The number of carbonyl (C=O) groups excluding carboxylic acids is 1. The van der Waals surface area contributed by atoms with E-state index in [1.165, 1.54) is 10.5 Å². The van der Waals surface area contributed by atoms with Crippen LogP contribution < -0.4 is 5.32 Å². The highest BCUT2D eigenvalue weighted by atomic mass is 32.2. The lowest BCUT2D eigenvalue weighted by Gasteiger charge is -2.31. The van der Waals surface area contributed by atoms with Gasteiger partial charge in [-0.1, -0.05) is 18.2 Å². The Labute approximate surface area is 174 Å². The minimum absolute atomic E-state index is 0.0575. The summed E-state index contributed by atoms with van der Waals surface area (Å²) in [5.41, 5.74) is 1.91. The molecular formula is C20H22N6O3S. The van der Waals surface area contributed by atoms with Gasteiger partial charge in [0.15, 0.2) is 5.65 Å². The lowest BCUT2D eigenvalue weighted by atomic mass is 10.0. The monoisotopic (exact) mass is 426 g/mol. The minimum Gasteiger partial charge on any atom is -0.348 e. The van der Waals surface area contributed by atoms with Crippen LogP contribution in [0.4, 0.5) is 0 Å². The largest absolute Gasteiger partial charge is 0.348 e. The van der Waals surface area contributed by atoms with E-state index in [1.807, 2.05) is 6.08 Å². The van der Waals surface area contributed by atoms with Crippen LogP contribution in [-0.2, 0) is 10.0 Å². The summed E-state index contributed by atoms with van der Waals surface area (Å²) in [6.07, 6.45) is 9.91. The minimum atomic E-state index is -3.44. The van der Waals surface area contributed by atoms with Crippen molar-refractivity contribution < 1.29 is 13.2 Å². The van der Waals surface area contributed by atoms with Gasteiger partial charge in [0.25, 0.3) is 5.91 Å². The van der Waals surface area contributed by atoms with Crippen LogP contribution in [0, 0.1) is 17.2 Å². The summed E-state index contributed by atoms with van der Waals surface area (Å²) in [5, 5.41) is 18.6. The highest BCUT2D eigenvalue weighted by Crippen LogP contribution is 2.25. The molecule has 3 heterocycles. The molecule has 1 aliphatic heterocycles. The number of H-pyrrole nitrogens is 1. The topological polar surface area (TPSA) is 132 Å².